The Morgan fingerprint density at radius 3 is 1.24 bits per heavy atom. The van der Waals surface area contributed by atoms with Gasteiger partial charge in [0.05, 0.1) is 21.8 Å². The van der Waals surface area contributed by atoms with Crippen molar-refractivity contribution >= 4 is 46.3 Å². The molecule has 4 fully saturated rings. The third kappa shape index (κ3) is 11.1. The zero-order valence-corrected chi connectivity index (χ0v) is 41.4. The van der Waals surface area contributed by atoms with E-state index in [1.54, 1.807) is 22.7 Å². The molecule has 0 aliphatic carbocycles. The fraction of sp³-hybridized carbons (Fsp3) is 0.393. The third-order valence-electron chi connectivity index (χ3n) is 14.4. The largest absolute Gasteiger partial charge is 0.340 e. The van der Waals surface area contributed by atoms with Crippen LogP contribution in [0.25, 0.3) is 32.0 Å². The van der Waals surface area contributed by atoms with E-state index < -0.39 is 12.1 Å². The molecule has 0 bridgehead atoms. The average molecular weight is 975 g/mol. The molecular weight excluding hydrogens is 913 g/mol. The van der Waals surface area contributed by atoms with E-state index in [1.165, 1.54) is 25.7 Å². The molecule has 4 aliphatic rings. The number of benzene rings is 4. The van der Waals surface area contributed by atoms with Crippen molar-refractivity contribution in [1.82, 2.24) is 40.2 Å². The van der Waals surface area contributed by atoms with Gasteiger partial charge in [0.15, 0.2) is 0 Å². The second-order valence-electron chi connectivity index (χ2n) is 19.1. The number of hydrogen-bond acceptors (Lipinski definition) is 10. The molecule has 70 heavy (non-hydrogen) atoms. The number of amides is 4. The summed E-state index contributed by atoms with van der Waals surface area (Å²) < 4.78 is 0. The van der Waals surface area contributed by atoms with Gasteiger partial charge in [0, 0.05) is 51.4 Å². The van der Waals surface area contributed by atoms with Gasteiger partial charge in [0.1, 0.15) is 22.1 Å². The van der Waals surface area contributed by atoms with E-state index in [9.17, 15) is 19.2 Å². The number of hydrogen-bond donors (Lipinski definition) is 2. The number of carbonyl (C=O) groups is 4. The van der Waals surface area contributed by atoms with Crippen LogP contribution in [0.5, 0.6) is 0 Å². The van der Waals surface area contributed by atoms with Crippen LogP contribution in [0, 0.1) is 0 Å². The minimum atomic E-state index is -0.747. The number of aromatic nitrogens is 2. The molecular formula is C56H62N8O4S2. The summed E-state index contributed by atoms with van der Waals surface area (Å²) in [6.45, 7) is 6.80. The summed E-state index contributed by atoms with van der Waals surface area (Å²) in [6, 6.07) is 34.5. The molecule has 0 saturated carbocycles. The summed E-state index contributed by atoms with van der Waals surface area (Å²) in [5.41, 5.74) is 5.92. The van der Waals surface area contributed by atoms with Gasteiger partial charge in [-0.05, 0) is 111 Å². The predicted molar refractivity (Wildman–Crippen MR) is 277 cm³/mol. The maximum atomic E-state index is 14.3. The molecule has 10 rings (SSSR count). The summed E-state index contributed by atoms with van der Waals surface area (Å²) in [5.74, 6) is -0.372. The van der Waals surface area contributed by atoms with E-state index in [2.05, 4.69) is 69.0 Å². The Balaban J connectivity index is 0.772. The van der Waals surface area contributed by atoms with Crippen LogP contribution in [-0.4, -0.2) is 106 Å². The molecule has 4 amide bonds. The summed E-state index contributed by atoms with van der Waals surface area (Å²) in [5, 5.41) is 8.03. The Bertz CT molecular complexity index is 2530. The van der Waals surface area contributed by atoms with Crippen LogP contribution in [0.3, 0.4) is 0 Å². The quantitative estimate of drug-likeness (QED) is 0.0925. The van der Waals surface area contributed by atoms with Crippen molar-refractivity contribution in [2.24, 2.45) is 0 Å². The van der Waals surface area contributed by atoms with Gasteiger partial charge in [-0.1, -0.05) is 109 Å². The molecule has 14 heteroatoms. The highest BCUT2D eigenvalue weighted by molar-refractivity contribution is 7.15. The first kappa shape index (κ1) is 47.6. The highest BCUT2D eigenvalue weighted by atomic mass is 32.1. The fourth-order valence-corrected chi connectivity index (χ4v) is 12.7. The second kappa shape index (κ2) is 22.4. The van der Waals surface area contributed by atoms with Gasteiger partial charge >= 0.3 is 0 Å². The van der Waals surface area contributed by atoms with E-state index in [0.717, 1.165) is 105 Å². The lowest BCUT2D eigenvalue weighted by molar-refractivity contribution is -0.137. The van der Waals surface area contributed by atoms with Crippen molar-refractivity contribution in [2.75, 3.05) is 52.4 Å². The molecule has 12 nitrogen and oxygen atoms in total. The maximum absolute atomic E-state index is 14.3. The zero-order chi connectivity index (χ0) is 47.8. The van der Waals surface area contributed by atoms with Crippen LogP contribution in [0.4, 0.5) is 0 Å². The summed E-state index contributed by atoms with van der Waals surface area (Å²) in [7, 11) is 0. The number of likely N-dealkylation sites (tertiary alicyclic amines) is 4. The van der Waals surface area contributed by atoms with E-state index in [-0.39, 0.29) is 35.7 Å². The lowest BCUT2D eigenvalue weighted by Gasteiger charge is -2.29. The third-order valence-corrected chi connectivity index (χ3v) is 16.7. The second-order valence-corrected chi connectivity index (χ2v) is 21.2. The first-order valence-electron chi connectivity index (χ1n) is 25.2. The van der Waals surface area contributed by atoms with Crippen molar-refractivity contribution in [1.29, 1.82) is 0 Å². The number of thiazole rings is 2. The summed E-state index contributed by atoms with van der Waals surface area (Å²) in [4.78, 5) is 75.5. The molecule has 1 unspecified atom stereocenters. The monoisotopic (exact) mass is 974 g/mol. The van der Waals surface area contributed by atoms with Crippen molar-refractivity contribution in [2.45, 2.75) is 88.4 Å². The molecule has 6 heterocycles. The zero-order valence-electron chi connectivity index (χ0n) is 39.7. The number of nitrogens with zero attached hydrogens (tertiary/aromatic N) is 6. The molecule has 0 radical (unpaired) electrons. The number of nitrogens with one attached hydrogen (secondary N) is 2. The van der Waals surface area contributed by atoms with Crippen LogP contribution >= 0.6 is 22.7 Å². The van der Waals surface area contributed by atoms with E-state index in [0.29, 0.717) is 39.0 Å². The van der Waals surface area contributed by atoms with Gasteiger partial charge in [-0.15, -0.1) is 22.7 Å². The SMILES string of the molecule is O=C(CCN1CCCC1)N[C@@H](C(=O)N1CCCC1c1ncc(-c2ccc(-c3ccc(-c4cnc([C@@H]5CCCN5C(=O)[C@H](NC(=O)CCN5CCCC5)c5ccccc5)s4)cc3)cc2)s1)c1ccccc1. The van der Waals surface area contributed by atoms with E-state index >= 15 is 0 Å². The molecule has 4 atom stereocenters. The predicted octanol–water partition coefficient (Wildman–Crippen LogP) is 9.61. The Morgan fingerprint density at radius 1 is 0.486 bits per heavy atom. The van der Waals surface area contributed by atoms with Crippen molar-refractivity contribution in [3.05, 3.63) is 143 Å². The molecule has 2 N–H and O–H groups in total. The standard InChI is InChI=1S/C56H62N8O4S2/c65-49(27-35-61-29-7-8-30-61)59-51(43-13-3-1-4-14-43)55(67)63-33-11-17-45(63)53-57-37-47(69-53)41-23-19-39(20-24-41)40-21-25-42(26-22-40)48-38-58-54(70-48)46-18-12-34-64(46)56(68)52(44-15-5-2-6-16-44)60-50(66)28-36-62-31-9-10-32-62/h1-6,13-16,19-26,37-38,45-46,51-52H,7-12,17-18,27-36H2,(H,59,65)(H,60,66)/t45-,46?,51+,52+/m0/s1. The van der Waals surface area contributed by atoms with Crippen molar-refractivity contribution < 1.29 is 19.2 Å². The highest BCUT2D eigenvalue weighted by Gasteiger charge is 2.39. The molecule has 4 aliphatic heterocycles. The van der Waals surface area contributed by atoms with Crippen LogP contribution in [-0.2, 0) is 19.2 Å². The normalized spacial score (nSPS) is 19.4. The Morgan fingerprint density at radius 2 is 0.857 bits per heavy atom. The van der Waals surface area contributed by atoms with Crippen LogP contribution in [0.2, 0.25) is 0 Å². The van der Waals surface area contributed by atoms with Gasteiger partial charge in [-0.3, -0.25) is 19.2 Å². The first-order chi connectivity index (χ1) is 34.3. The smallest absolute Gasteiger partial charge is 0.250 e. The average Bonchev–Trinajstić information content (AvgIpc) is 4.27. The van der Waals surface area contributed by atoms with Gasteiger partial charge in [0.25, 0.3) is 0 Å². The Labute approximate surface area is 419 Å². The molecule has 2 aromatic heterocycles. The van der Waals surface area contributed by atoms with Gasteiger partial charge in [-0.2, -0.15) is 0 Å². The van der Waals surface area contributed by atoms with Crippen LogP contribution < -0.4 is 10.6 Å². The fourth-order valence-electron chi connectivity index (χ4n) is 10.6. The minimum absolute atomic E-state index is 0.0860. The Hall–Kier alpha value is -6.06. The van der Waals surface area contributed by atoms with Crippen molar-refractivity contribution in [3.8, 4) is 32.0 Å². The lowest BCUT2D eigenvalue weighted by Crippen LogP contribution is -2.43. The van der Waals surface area contributed by atoms with Gasteiger partial charge < -0.3 is 30.2 Å². The van der Waals surface area contributed by atoms with Gasteiger partial charge in [0.2, 0.25) is 23.6 Å². The Kier molecular flexibility index (Phi) is 15.2. The lowest BCUT2D eigenvalue weighted by atomic mass is 10.0. The number of carbonyl (C=O) groups excluding carboxylic acids is 4. The topological polar surface area (TPSA) is 131 Å². The van der Waals surface area contributed by atoms with E-state index in [4.69, 9.17) is 9.97 Å². The van der Waals surface area contributed by atoms with E-state index in [1.807, 2.05) is 82.9 Å². The molecule has 4 saturated heterocycles. The summed E-state index contributed by atoms with van der Waals surface area (Å²) >= 11 is 3.25. The summed E-state index contributed by atoms with van der Waals surface area (Å²) in [6.07, 6.45) is 12.7. The molecule has 6 aromatic rings. The minimum Gasteiger partial charge on any atom is -0.340 e. The molecule has 0 spiro atoms. The van der Waals surface area contributed by atoms with Crippen molar-refractivity contribution in [3.63, 3.8) is 0 Å². The highest BCUT2D eigenvalue weighted by Crippen LogP contribution is 2.41. The van der Waals surface area contributed by atoms with Crippen LogP contribution in [0.1, 0.15) is 110 Å². The number of rotatable bonds is 17. The van der Waals surface area contributed by atoms with Gasteiger partial charge in [-0.25, -0.2) is 9.97 Å². The molecule has 4 aromatic carbocycles. The maximum Gasteiger partial charge on any atom is 0.250 e. The molecule has 362 valence electrons. The van der Waals surface area contributed by atoms with Crippen LogP contribution in [0.15, 0.2) is 122 Å². The first-order valence-corrected chi connectivity index (χ1v) is 26.8.